The molecule has 0 saturated heterocycles. The summed E-state index contributed by atoms with van der Waals surface area (Å²) in [7, 11) is 3.20. The first-order chi connectivity index (χ1) is 11.6. The van der Waals surface area contributed by atoms with Gasteiger partial charge in [-0.2, -0.15) is 0 Å². The molecule has 128 valence electrons. The van der Waals surface area contributed by atoms with Gasteiger partial charge in [0.15, 0.2) is 17.5 Å². The van der Waals surface area contributed by atoms with Crippen LogP contribution in [-0.2, 0) is 0 Å². The molecule has 2 aromatic rings. The molecule has 0 aliphatic carbocycles. The summed E-state index contributed by atoms with van der Waals surface area (Å²) in [6, 6.07) is 15.8. The summed E-state index contributed by atoms with van der Waals surface area (Å²) in [5, 5.41) is 3.40. The fourth-order valence-corrected chi connectivity index (χ4v) is 3.02. The molecular weight excluding hydrogens is 322 g/mol. The molecular formula is C18H23N3O2S. The third kappa shape index (κ3) is 5.38. The predicted octanol–water partition coefficient (Wildman–Crippen LogP) is 3.61. The number of hydrogen-bond acceptors (Lipinski definition) is 4. The van der Waals surface area contributed by atoms with Crippen molar-refractivity contribution in [3.8, 4) is 11.5 Å². The second kappa shape index (κ2) is 9.08. The molecule has 0 radical (unpaired) electrons. The van der Waals surface area contributed by atoms with E-state index in [0.29, 0.717) is 29.3 Å². The Labute approximate surface area is 147 Å². The van der Waals surface area contributed by atoms with Gasteiger partial charge < -0.3 is 20.5 Å². The largest absolute Gasteiger partial charge is 0.493 e. The second-order valence-electron chi connectivity index (χ2n) is 5.16. The number of hydrogen-bond donors (Lipinski definition) is 2. The molecule has 0 heterocycles. The fourth-order valence-electron chi connectivity index (χ4n) is 2.10. The van der Waals surface area contributed by atoms with Crippen LogP contribution < -0.4 is 20.5 Å². The number of thioether (sulfide) groups is 1. The SMILES string of the molecule is COc1ccc(NC(N)=NCC(C)Sc2ccccc2)cc1OC. The number of guanidine groups is 1. The lowest BCUT2D eigenvalue weighted by Crippen LogP contribution is -2.23. The van der Waals surface area contributed by atoms with Crippen LogP contribution in [0.5, 0.6) is 11.5 Å². The minimum Gasteiger partial charge on any atom is -0.493 e. The van der Waals surface area contributed by atoms with Crippen LogP contribution in [-0.4, -0.2) is 32.0 Å². The Bertz CT molecular complexity index is 677. The molecule has 0 bridgehead atoms. The lowest BCUT2D eigenvalue weighted by Gasteiger charge is -2.12. The van der Waals surface area contributed by atoms with Gasteiger partial charge in [-0.15, -0.1) is 11.8 Å². The Kier molecular flexibility index (Phi) is 6.81. The van der Waals surface area contributed by atoms with Gasteiger partial charge in [-0.25, -0.2) is 0 Å². The molecule has 0 fully saturated rings. The zero-order valence-corrected chi connectivity index (χ0v) is 15.0. The quantitative estimate of drug-likeness (QED) is 0.456. The molecule has 3 N–H and O–H groups in total. The number of anilines is 1. The van der Waals surface area contributed by atoms with E-state index in [1.807, 2.05) is 36.4 Å². The van der Waals surface area contributed by atoms with Crippen molar-refractivity contribution < 1.29 is 9.47 Å². The minimum absolute atomic E-state index is 0.332. The van der Waals surface area contributed by atoms with E-state index in [1.54, 1.807) is 26.0 Å². The highest BCUT2D eigenvalue weighted by molar-refractivity contribution is 8.00. The summed E-state index contributed by atoms with van der Waals surface area (Å²) < 4.78 is 10.5. The summed E-state index contributed by atoms with van der Waals surface area (Å²) in [5.74, 6) is 1.69. The molecule has 5 nitrogen and oxygen atoms in total. The Morgan fingerprint density at radius 2 is 1.83 bits per heavy atom. The van der Waals surface area contributed by atoms with Gasteiger partial charge in [0.2, 0.25) is 0 Å². The van der Waals surface area contributed by atoms with Gasteiger partial charge in [-0.1, -0.05) is 25.1 Å². The van der Waals surface area contributed by atoms with Crippen molar-refractivity contribution in [2.45, 2.75) is 17.1 Å². The number of aliphatic imine (C=N–C) groups is 1. The molecule has 2 aromatic carbocycles. The maximum absolute atomic E-state index is 5.97. The zero-order valence-electron chi connectivity index (χ0n) is 14.2. The summed E-state index contributed by atoms with van der Waals surface area (Å²) in [6.07, 6.45) is 0. The van der Waals surface area contributed by atoms with Gasteiger partial charge in [0.05, 0.1) is 20.8 Å². The van der Waals surface area contributed by atoms with Crippen LogP contribution in [0.1, 0.15) is 6.92 Å². The predicted molar refractivity (Wildman–Crippen MR) is 101 cm³/mol. The summed E-state index contributed by atoms with van der Waals surface area (Å²) in [4.78, 5) is 5.63. The number of nitrogens with one attached hydrogen (secondary N) is 1. The van der Waals surface area contributed by atoms with Crippen LogP contribution in [0.25, 0.3) is 0 Å². The van der Waals surface area contributed by atoms with Gasteiger partial charge in [0.25, 0.3) is 0 Å². The van der Waals surface area contributed by atoms with Crippen LogP contribution in [0, 0.1) is 0 Å². The van der Waals surface area contributed by atoms with Crippen molar-refractivity contribution in [1.82, 2.24) is 0 Å². The molecule has 0 aliphatic heterocycles. The fraction of sp³-hybridized carbons (Fsp3) is 0.278. The second-order valence-corrected chi connectivity index (χ2v) is 6.67. The minimum atomic E-state index is 0.332. The Balaban J connectivity index is 1.91. The lowest BCUT2D eigenvalue weighted by molar-refractivity contribution is 0.355. The zero-order chi connectivity index (χ0) is 17.4. The molecule has 0 aromatic heterocycles. The van der Waals surface area contributed by atoms with Gasteiger partial charge in [0, 0.05) is 21.9 Å². The van der Waals surface area contributed by atoms with Crippen LogP contribution in [0.3, 0.4) is 0 Å². The normalized spacial score (nSPS) is 12.5. The summed E-state index contributed by atoms with van der Waals surface area (Å²) in [5.41, 5.74) is 6.77. The van der Waals surface area contributed by atoms with Crippen molar-refractivity contribution >= 4 is 23.4 Å². The lowest BCUT2D eigenvalue weighted by atomic mass is 10.3. The van der Waals surface area contributed by atoms with E-state index in [2.05, 4.69) is 29.4 Å². The van der Waals surface area contributed by atoms with Gasteiger partial charge in [-0.3, -0.25) is 4.99 Å². The molecule has 0 saturated carbocycles. The van der Waals surface area contributed by atoms with Crippen LogP contribution in [0.15, 0.2) is 58.4 Å². The average Bonchev–Trinajstić information content (AvgIpc) is 2.60. The van der Waals surface area contributed by atoms with Gasteiger partial charge >= 0.3 is 0 Å². The summed E-state index contributed by atoms with van der Waals surface area (Å²) >= 11 is 1.78. The standard InChI is InChI=1S/C18H23N3O2S/c1-13(24-15-7-5-4-6-8-15)12-20-18(19)21-14-9-10-16(22-2)17(11-14)23-3/h4-11,13H,12H2,1-3H3,(H3,19,20,21). The van der Waals surface area contributed by atoms with E-state index >= 15 is 0 Å². The van der Waals surface area contributed by atoms with Gasteiger partial charge in [0.1, 0.15) is 0 Å². The average molecular weight is 345 g/mol. The third-order valence-corrected chi connectivity index (χ3v) is 4.35. The number of nitrogens with two attached hydrogens (primary N) is 1. The highest BCUT2D eigenvalue weighted by Crippen LogP contribution is 2.29. The van der Waals surface area contributed by atoms with Crippen molar-refractivity contribution in [3.05, 3.63) is 48.5 Å². The molecule has 6 heteroatoms. The maximum Gasteiger partial charge on any atom is 0.193 e. The first-order valence-corrected chi connectivity index (χ1v) is 8.51. The van der Waals surface area contributed by atoms with E-state index in [-0.39, 0.29) is 0 Å². The van der Waals surface area contributed by atoms with Crippen LogP contribution >= 0.6 is 11.8 Å². The number of methoxy groups -OCH3 is 2. The van der Waals surface area contributed by atoms with E-state index in [9.17, 15) is 0 Å². The van der Waals surface area contributed by atoms with Crippen molar-refractivity contribution in [1.29, 1.82) is 0 Å². The van der Waals surface area contributed by atoms with Gasteiger partial charge in [-0.05, 0) is 24.3 Å². The van der Waals surface area contributed by atoms with Crippen molar-refractivity contribution in [2.24, 2.45) is 10.7 Å². The smallest absolute Gasteiger partial charge is 0.193 e. The number of benzene rings is 2. The maximum atomic E-state index is 5.97. The Hall–Kier alpha value is -2.34. The number of rotatable bonds is 7. The summed E-state index contributed by atoms with van der Waals surface area (Å²) in [6.45, 7) is 2.76. The van der Waals surface area contributed by atoms with Crippen LogP contribution in [0.2, 0.25) is 0 Å². The van der Waals surface area contributed by atoms with Crippen LogP contribution in [0.4, 0.5) is 5.69 Å². The van der Waals surface area contributed by atoms with E-state index < -0.39 is 0 Å². The highest BCUT2D eigenvalue weighted by atomic mass is 32.2. The molecule has 0 aliphatic rings. The topological polar surface area (TPSA) is 68.9 Å². The van der Waals surface area contributed by atoms with E-state index in [4.69, 9.17) is 15.2 Å². The van der Waals surface area contributed by atoms with Crippen molar-refractivity contribution in [2.75, 3.05) is 26.1 Å². The monoisotopic (exact) mass is 345 g/mol. The Morgan fingerprint density at radius 1 is 1.12 bits per heavy atom. The third-order valence-electron chi connectivity index (χ3n) is 3.26. The molecule has 1 atom stereocenters. The van der Waals surface area contributed by atoms with E-state index in [0.717, 1.165) is 5.69 Å². The van der Waals surface area contributed by atoms with Crippen molar-refractivity contribution in [3.63, 3.8) is 0 Å². The first-order valence-electron chi connectivity index (χ1n) is 7.63. The molecule has 1 unspecified atom stereocenters. The first kappa shape index (κ1) is 18.0. The Morgan fingerprint density at radius 3 is 2.50 bits per heavy atom. The number of nitrogens with zero attached hydrogens (tertiary/aromatic N) is 1. The van der Waals surface area contributed by atoms with E-state index in [1.165, 1.54) is 4.90 Å². The number of ether oxygens (including phenoxy) is 2. The molecule has 0 spiro atoms. The molecule has 24 heavy (non-hydrogen) atoms. The molecule has 2 rings (SSSR count). The molecule has 0 amide bonds. The highest BCUT2D eigenvalue weighted by Gasteiger charge is 2.06.